The molecule has 1 fully saturated rings. The van der Waals surface area contributed by atoms with Gasteiger partial charge >= 0.3 is 0 Å². The number of ether oxygens (including phenoxy) is 4. The summed E-state index contributed by atoms with van der Waals surface area (Å²) in [5.41, 5.74) is 2.35. The van der Waals surface area contributed by atoms with Gasteiger partial charge in [0.25, 0.3) is 0 Å². The van der Waals surface area contributed by atoms with Gasteiger partial charge in [0.1, 0.15) is 19.0 Å². The first-order chi connectivity index (χ1) is 16.8. The normalized spacial score (nSPS) is 18.6. The number of carbonyl (C=O) groups excluding carboxylic acids is 1. The van der Waals surface area contributed by atoms with Crippen LogP contribution in [0.15, 0.2) is 46.7 Å². The van der Waals surface area contributed by atoms with Crippen molar-refractivity contribution < 1.29 is 23.7 Å². The van der Waals surface area contributed by atoms with Gasteiger partial charge in [0, 0.05) is 32.6 Å². The second kappa shape index (κ2) is 15.7. The van der Waals surface area contributed by atoms with Crippen LogP contribution in [0.5, 0.6) is 0 Å². The minimum Gasteiger partial charge on any atom is -0.494 e. The Morgan fingerprint density at radius 2 is 1.74 bits per heavy atom. The zero-order chi connectivity index (χ0) is 25.6. The molecule has 0 spiro atoms. The molecule has 35 heavy (non-hydrogen) atoms. The van der Waals surface area contributed by atoms with Gasteiger partial charge in [-0.15, -0.1) is 0 Å². The molecule has 1 aliphatic carbocycles. The van der Waals surface area contributed by atoms with E-state index in [0.717, 1.165) is 39.3 Å². The van der Waals surface area contributed by atoms with Crippen LogP contribution in [-0.2, 0) is 23.7 Å². The fourth-order valence-electron chi connectivity index (χ4n) is 3.61. The van der Waals surface area contributed by atoms with Crippen molar-refractivity contribution in [3.63, 3.8) is 0 Å². The molecule has 0 aromatic carbocycles. The standard InChI is InChI=1S/C28H46N2O5/c1-21(2)7-14-33-25-19-24(28(31)29-10-11-30-12-17-32-18-13-30)20-26(34-15-8-22(3)4)27(25)35-16-9-23(5)6/h7,9,19,22,24H,8,10-18,20H2,1-6H3,(H,29,31). The minimum absolute atomic E-state index is 0.0186. The predicted molar refractivity (Wildman–Crippen MR) is 140 cm³/mol. The lowest BCUT2D eigenvalue weighted by molar-refractivity contribution is -0.124. The van der Waals surface area contributed by atoms with Gasteiger partial charge in [0.2, 0.25) is 5.91 Å². The first-order valence-electron chi connectivity index (χ1n) is 12.9. The van der Waals surface area contributed by atoms with Crippen molar-refractivity contribution in [2.24, 2.45) is 11.8 Å². The summed E-state index contributed by atoms with van der Waals surface area (Å²) in [6.45, 7) is 18.6. The SMILES string of the molecule is CC(C)=CCOC1=CC(C(=O)NCCN2CCOCC2)CC(OCCC(C)C)=C1OCC=C(C)C. The summed E-state index contributed by atoms with van der Waals surface area (Å²) in [4.78, 5) is 15.4. The maximum absolute atomic E-state index is 13.1. The Bertz CT molecular complexity index is 783. The molecule has 0 saturated carbocycles. The smallest absolute Gasteiger partial charge is 0.227 e. The number of nitrogens with one attached hydrogen (secondary N) is 1. The maximum atomic E-state index is 13.1. The van der Waals surface area contributed by atoms with Crippen molar-refractivity contribution in [1.29, 1.82) is 0 Å². The number of amides is 1. The van der Waals surface area contributed by atoms with E-state index in [4.69, 9.17) is 18.9 Å². The number of hydrogen-bond acceptors (Lipinski definition) is 6. The highest BCUT2D eigenvalue weighted by Crippen LogP contribution is 2.32. The summed E-state index contributed by atoms with van der Waals surface area (Å²) in [5, 5.41) is 3.10. The largest absolute Gasteiger partial charge is 0.494 e. The second-order valence-electron chi connectivity index (χ2n) is 10.1. The summed E-state index contributed by atoms with van der Waals surface area (Å²) < 4.78 is 23.8. The number of morpholine rings is 1. The van der Waals surface area contributed by atoms with E-state index in [1.807, 2.05) is 45.9 Å². The van der Waals surface area contributed by atoms with Crippen LogP contribution in [0.1, 0.15) is 54.4 Å². The Labute approximate surface area is 212 Å². The van der Waals surface area contributed by atoms with Crippen LogP contribution in [0.25, 0.3) is 0 Å². The Kier molecular flexibility index (Phi) is 13.0. The van der Waals surface area contributed by atoms with Gasteiger partial charge in [-0.2, -0.15) is 0 Å². The molecule has 7 heteroatoms. The molecule has 198 valence electrons. The van der Waals surface area contributed by atoms with Crippen LogP contribution in [-0.4, -0.2) is 70.0 Å². The van der Waals surface area contributed by atoms with Crippen LogP contribution in [0, 0.1) is 11.8 Å². The minimum atomic E-state index is -0.369. The molecule has 1 saturated heterocycles. The van der Waals surface area contributed by atoms with Crippen LogP contribution in [0.2, 0.25) is 0 Å². The third-order valence-electron chi connectivity index (χ3n) is 5.82. The Morgan fingerprint density at radius 3 is 2.37 bits per heavy atom. The number of rotatable bonds is 14. The van der Waals surface area contributed by atoms with Crippen molar-refractivity contribution in [3.8, 4) is 0 Å². The summed E-state index contributed by atoms with van der Waals surface area (Å²) in [6, 6.07) is 0. The van der Waals surface area contributed by atoms with Gasteiger partial charge in [0.15, 0.2) is 11.5 Å². The molecule has 7 nitrogen and oxygen atoms in total. The van der Waals surface area contributed by atoms with Crippen LogP contribution >= 0.6 is 0 Å². The van der Waals surface area contributed by atoms with E-state index in [1.165, 1.54) is 11.1 Å². The zero-order valence-corrected chi connectivity index (χ0v) is 22.7. The lowest BCUT2D eigenvalue weighted by atomic mass is 9.96. The molecule has 0 aromatic heterocycles. The van der Waals surface area contributed by atoms with Crippen molar-refractivity contribution in [3.05, 3.63) is 46.7 Å². The second-order valence-corrected chi connectivity index (χ2v) is 10.1. The Hall–Kier alpha value is -2.25. The highest BCUT2D eigenvalue weighted by atomic mass is 16.5. The molecular weight excluding hydrogens is 444 g/mol. The van der Waals surface area contributed by atoms with Gasteiger partial charge in [0.05, 0.1) is 25.7 Å². The van der Waals surface area contributed by atoms with Gasteiger partial charge in [-0.05, 0) is 58.3 Å². The summed E-state index contributed by atoms with van der Waals surface area (Å²) >= 11 is 0. The summed E-state index contributed by atoms with van der Waals surface area (Å²) in [5.74, 6) is 2.00. The molecule has 0 aromatic rings. The average Bonchev–Trinajstić information content (AvgIpc) is 2.80. The predicted octanol–water partition coefficient (Wildman–Crippen LogP) is 4.58. The number of carbonyl (C=O) groups is 1. The average molecular weight is 491 g/mol. The molecule has 1 atom stereocenters. The molecule has 2 rings (SSSR count). The molecule has 1 aliphatic heterocycles. The number of allylic oxidation sites excluding steroid dienone is 3. The summed E-state index contributed by atoms with van der Waals surface area (Å²) in [7, 11) is 0. The van der Waals surface area contributed by atoms with Crippen molar-refractivity contribution >= 4 is 5.91 Å². The Morgan fingerprint density at radius 1 is 1.09 bits per heavy atom. The first kappa shape index (κ1) is 29.0. The molecular formula is C28H46N2O5. The molecule has 0 bridgehead atoms. The Balaban J connectivity index is 2.14. The molecule has 0 radical (unpaired) electrons. The van der Waals surface area contributed by atoms with E-state index in [2.05, 4.69) is 24.1 Å². The van der Waals surface area contributed by atoms with Crippen LogP contribution in [0.3, 0.4) is 0 Å². The molecule has 1 amide bonds. The highest BCUT2D eigenvalue weighted by Gasteiger charge is 2.30. The lowest BCUT2D eigenvalue weighted by Crippen LogP contribution is -2.42. The third kappa shape index (κ3) is 11.4. The van der Waals surface area contributed by atoms with Crippen molar-refractivity contribution in [2.45, 2.75) is 54.4 Å². The van der Waals surface area contributed by atoms with Gasteiger partial charge in [-0.3, -0.25) is 9.69 Å². The zero-order valence-electron chi connectivity index (χ0n) is 22.7. The van der Waals surface area contributed by atoms with Crippen LogP contribution in [0.4, 0.5) is 0 Å². The van der Waals surface area contributed by atoms with Crippen LogP contribution < -0.4 is 5.32 Å². The van der Waals surface area contributed by atoms with Crippen molar-refractivity contribution in [2.75, 3.05) is 59.2 Å². The third-order valence-corrected chi connectivity index (χ3v) is 5.82. The van der Waals surface area contributed by atoms with E-state index < -0.39 is 0 Å². The number of hydrogen-bond donors (Lipinski definition) is 1. The summed E-state index contributed by atoms with van der Waals surface area (Å²) in [6.07, 6.45) is 7.31. The van der Waals surface area contributed by atoms with E-state index in [-0.39, 0.29) is 11.8 Å². The number of nitrogens with zero attached hydrogens (tertiary/aromatic N) is 1. The lowest BCUT2D eigenvalue weighted by Gasteiger charge is -2.28. The maximum Gasteiger partial charge on any atom is 0.227 e. The van der Waals surface area contributed by atoms with Gasteiger partial charge < -0.3 is 24.3 Å². The molecule has 1 unspecified atom stereocenters. The fourth-order valence-corrected chi connectivity index (χ4v) is 3.61. The fraction of sp³-hybridized carbons (Fsp3) is 0.679. The molecule has 1 N–H and O–H groups in total. The van der Waals surface area contributed by atoms with E-state index in [1.54, 1.807) is 0 Å². The molecule has 1 heterocycles. The van der Waals surface area contributed by atoms with Gasteiger partial charge in [-0.25, -0.2) is 0 Å². The van der Waals surface area contributed by atoms with Crippen molar-refractivity contribution in [1.82, 2.24) is 10.2 Å². The highest BCUT2D eigenvalue weighted by molar-refractivity contribution is 5.81. The first-order valence-corrected chi connectivity index (χ1v) is 12.9. The van der Waals surface area contributed by atoms with E-state index >= 15 is 0 Å². The van der Waals surface area contributed by atoms with Gasteiger partial charge in [-0.1, -0.05) is 25.0 Å². The quantitative estimate of drug-likeness (QED) is 0.360. The topological polar surface area (TPSA) is 69.3 Å². The molecule has 2 aliphatic rings. The monoisotopic (exact) mass is 490 g/mol. The van der Waals surface area contributed by atoms with E-state index in [9.17, 15) is 4.79 Å². The van der Waals surface area contributed by atoms with E-state index in [0.29, 0.717) is 56.0 Å².